The Balaban J connectivity index is 1.32. The summed E-state index contributed by atoms with van der Waals surface area (Å²) in [5.74, 6) is -0.761. The molecule has 5 rings (SSSR count). The van der Waals surface area contributed by atoms with E-state index in [-0.39, 0.29) is 37.2 Å². The van der Waals surface area contributed by atoms with Gasteiger partial charge in [0.2, 0.25) is 23.6 Å². The van der Waals surface area contributed by atoms with Crippen molar-refractivity contribution in [2.75, 3.05) is 13.2 Å². The summed E-state index contributed by atoms with van der Waals surface area (Å²) < 4.78 is 20.0. The second-order valence-electron chi connectivity index (χ2n) is 11.8. The zero-order valence-electron chi connectivity index (χ0n) is 24.5. The SMILES string of the molecule is O=C1CCc2cccc(c2)OCCCC[C@@H](C(=O)NCc2ccccc2F)NC(=O)[C@H](CC(=O)N2CCC[C@H]2C2CC2)N1. The number of benzene rings is 2. The first-order valence-electron chi connectivity index (χ1n) is 15.5. The van der Waals surface area contributed by atoms with Crippen LogP contribution in [0.2, 0.25) is 0 Å². The summed E-state index contributed by atoms with van der Waals surface area (Å²) in [6, 6.07) is 11.9. The van der Waals surface area contributed by atoms with Gasteiger partial charge in [0.05, 0.1) is 13.0 Å². The Kier molecular flexibility index (Phi) is 10.3. The van der Waals surface area contributed by atoms with Crippen molar-refractivity contribution >= 4 is 23.6 Å². The van der Waals surface area contributed by atoms with Crippen molar-refractivity contribution in [3.05, 3.63) is 65.5 Å². The smallest absolute Gasteiger partial charge is 0.243 e. The van der Waals surface area contributed by atoms with Crippen LogP contribution >= 0.6 is 0 Å². The van der Waals surface area contributed by atoms with E-state index in [0.29, 0.717) is 56.1 Å². The van der Waals surface area contributed by atoms with Crippen LogP contribution in [0, 0.1) is 11.7 Å². The van der Waals surface area contributed by atoms with Crippen LogP contribution in [0.5, 0.6) is 5.75 Å². The molecule has 230 valence electrons. The summed E-state index contributed by atoms with van der Waals surface area (Å²) in [7, 11) is 0. The molecule has 2 bridgehead atoms. The lowest BCUT2D eigenvalue weighted by atomic mass is 10.0. The first-order valence-corrected chi connectivity index (χ1v) is 15.5. The molecule has 2 aromatic carbocycles. The van der Waals surface area contributed by atoms with Gasteiger partial charge in [0.15, 0.2) is 0 Å². The van der Waals surface area contributed by atoms with Gasteiger partial charge in [-0.25, -0.2) is 4.39 Å². The minimum Gasteiger partial charge on any atom is -0.494 e. The standard InChI is InChI=1S/C33H41FN4O5/c34-26-10-2-1-8-24(26)21-35-32(41)27-11-3-4-18-43-25-9-5-7-22(19-25)13-16-30(39)36-28(33(42)37-27)20-31(40)38-17-6-12-29(38)23-14-15-23/h1-2,5,7-10,19,23,27-29H,3-4,6,11-18,20-21H2,(H,35,41)(H,36,39)(H,37,42)/t27-,28-,29-/m0/s1. The van der Waals surface area contributed by atoms with Crippen LogP contribution in [-0.2, 0) is 32.1 Å². The highest BCUT2D eigenvalue weighted by Crippen LogP contribution is 2.40. The number of fused-ring (bicyclic) bond motifs is 2. The van der Waals surface area contributed by atoms with Gasteiger partial charge in [0.25, 0.3) is 0 Å². The number of carbonyl (C=O) groups is 4. The highest BCUT2D eigenvalue weighted by atomic mass is 19.1. The van der Waals surface area contributed by atoms with Gasteiger partial charge < -0.3 is 25.6 Å². The molecule has 2 aromatic rings. The third-order valence-electron chi connectivity index (χ3n) is 8.56. The molecule has 3 aliphatic rings. The van der Waals surface area contributed by atoms with Crippen LogP contribution < -0.4 is 20.7 Å². The van der Waals surface area contributed by atoms with Crippen LogP contribution in [-0.4, -0.2) is 59.8 Å². The Bertz CT molecular complexity index is 1320. The van der Waals surface area contributed by atoms with E-state index in [1.165, 1.54) is 6.07 Å². The summed E-state index contributed by atoms with van der Waals surface area (Å²) in [5, 5.41) is 8.32. The molecule has 1 saturated heterocycles. The summed E-state index contributed by atoms with van der Waals surface area (Å²) in [6.45, 7) is 1.05. The van der Waals surface area contributed by atoms with E-state index in [2.05, 4.69) is 16.0 Å². The van der Waals surface area contributed by atoms with Crippen molar-refractivity contribution in [3.8, 4) is 5.75 Å². The van der Waals surface area contributed by atoms with E-state index in [4.69, 9.17) is 4.74 Å². The third kappa shape index (κ3) is 8.55. The predicted molar refractivity (Wildman–Crippen MR) is 158 cm³/mol. The summed E-state index contributed by atoms with van der Waals surface area (Å²) >= 11 is 0. The molecule has 2 heterocycles. The second kappa shape index (κ2) is 14.5. The van der Waals surface area contributed by atoms with Gasteiger partial charge in [-0.3, -0.25) is 19.2 Å². The molecule has 3 atom stereocenters. The zero-order chi connectivity index (χ0) is 30.2. The summed E-state index contributed by atoms with van der Waals surface area (Å²) in [4.78, 5) is 55.3. The lowest BCUT2D eigenvalue weighted by molar-refractivity contribution is -0.137. The number of nitrogens with one attached hydrogen (secondary N) is 3. The number of nitrogens with zero attached hydrogens (tertiary/aromatic N) is 1. The highest BCUT2D eigenvalue weighted by Gasteiger charge is 2.41. The van der Waals surface area contributed by atoms with Gasteiger partial charge in [0.1, 0.15) is 23.7 Å². The molecular formula is C33H41FN4O5. The number of amides is 4. The Labute approximate surface area is 251 Å². The van der Waals surface area contributed by atoms with Crippen LogP contribution in [0.3, 0.4) is 0 Å². The van der Waals surface area contributed by atoms with E-state index in [1.54, 1.807) is 18.2 Å². The molecule has 1 saturated carbocycles. The van der Waals surface area contributed by atoms with Crippen molar-refractivity contribution in [3.63, 3.8) is 0 Å². The third-order valence-corrected chi connectivity index (χ3v) is 8.56. The quantitative estimate of drug-likeness (QED) is 0.476. The van der Waals surface area contributed by atoms with Crippen molar-refractivity contribution < 1.29 is 28.3 Å². The molecule has 1 aliphatic carbocycles. The van der Waals surface area contributed by atoms with Crippen molar-refractivity contribution in [1.82, 2.24) is 20.9 Å². The molecule has 3 N–H and O–H groups in total. The molecule has 2 aliphatic heterocycles. The molecule has 0 unspecified atom stereocenters. The number of halogens is 1. The molecule has 43 heavy (non-hydrogen) atoms. The molecule has 0 aromatic heterocycles. The summed E-state index contributed by atoms with van der Waals surface area (Å²) in [6.07, 6.45) is 6.06. The van der Waals surface area contributed by atoms with Crippen molar-refractivity contribution in [1.29, 1.82) is 0 Å². The minimum atomic E-state index is -1.12. The normalized spacial score (nSPS) is 23.6. The average molecular weight is 593 g/mol. The monoisotopic (exact) mass is 592 g/mol. The fourth-order valence-electron chi connectivity index (χ4n) is 6.02. The minimum absolute atomic E-state index is 0.0342. The van der Waals surface area contributed by atoms with Crippen LogP contribution in [0.15, 0.2) is 48.5 Å². The van der Waals surface area contributed by atoms with Crippen LogP contribution in [0.4, 0.5) is 4.39 Å². The topological polar surface area (TPSA) is 117 Å². The number of aryl methyl sites for hydroxylation is 1. The second-order valence-corrected chi connectivity index (χ2v) is 11.8. The molecule has 0 radical (unpaired) electrons. The van der Waals surface area contributed by atoms with Gasteiger partial charge in [0, 0.05) is 31.1 Å². The van der Waals surface area contributed by atoms with Crippen LogP contribution in [0.1, 0.15) is 68.9 Å². The highest BCUT2D eigenvalue weighted by molar-refractivity contribution is 5.95. The van der Waals surface area contributed by atoms with Crippen molar-refractivity contribution in [2.24, 2.45) is 5.92 Å². The van der Waals surface area contributed by atoms with Gasteiger partial charge in [-0.1, -0.05) is 30.3 Å². The molecule has 0 spiro atoms. The largest absolute Gasteiger partial charge is 0.494 e. The number of rotatable bonds is 6. The Hall–Kier alpha value is -3.95. The Morgan fingerprint density at radius 3 is 2.60 bits per heavy atom. The maximum Gasteiger partial charge on any atom is 0.243 e. The van der Waals surface area contributed by atoms with E-state index in [1.807, 2.05) is 29.2 Å². The fraction of sp³-hybridized carbons (Fsp3) is 0.515. The number of hydrogen-bond donors (Lipinski definition) is 3. The van der Waals surface area contributed by atoms with E-state index >= 15 is 0 Å². The van der Waals surface area contributed by atoms with Crippen LogP contribution in [0.25, 0.3) is 0 Å². The first kappa shape index (κ1) is 30.5. The van der Waals surface area contributed by atoms with Gasteiger partial charge in [-0.15, -0.1) is 0 Å². The Morgan fingerprint density at radius 1 is 0.953 bits per heavy atom. The van der Waals surface area contributed by atoms with E-state index in [9.17, 15) is 23.6 Å². The Morgan fingerprint density at radius 2 is 1.79 bits per heavy atom. The molecule has 9 nitrogen and oxygen atoms in total. The molecule has 4 amide bonds. The lowest BCUT2D eigenvalue weighted by Crippen LogP contribution is -2.55. The van der Waals surface area contributed by atoms with Gasteiger partial charge >= 0.3 is 0 Å². The summed E-state index contributed by atoms with van der Waals surface area (Å²) in [5.41, 5.74) is 1.27. The molecule has 10 heteroatoms. The lowest BCUT2D eigenvalue weighted by Gasteiger charge is -2.28. The predicted octanol–water partition coefficient (Wildman–Crippen LogP) is 3.40. The number of carbonyl (C=O) groups excluding carboxylic acids is 4. The zero-order valence-corrected chi connectivity index (χ0v) is 24.5. The number of hydrogen-bond acceptors (Lipinski definition) is 5. The van der Waals surface area contributed by atoms with E-state index in [0.717, 1.165) is 31.2 Å². The van der Waals surface area contributed by atoms with Crippen molar-refractivity contribution in [2.45, 2.75) is 88.9 Å². The molecular weight excluding hydrogens is 551 g/mol. The first-order chi connectivity index (χ1) is 20.9. The maximum atomic E-state index is 14.2. The molecule has 2 fully saturated rings. The fourth-order valence-corrected chi connectivity index (χ4v) is 6.02. The van der Waals surface area contributed by atoms with Gasteiger partial charge in [-0.2, -0.15) is 0 Å². The van der Waals surface area contributed by atoms with Gasteiger partial charge in [-0.05, 0) is 81.0 Å². The number of likely N-dealkylation sites (tertiary alicyclic amines) is 1. The maximum absolute atomic E-state index is 14.2. The average Bonchev–Trinajstić information content (AvgIpc) is 3.73. The number of ether oxygens (including phenoxy) is 1. The van der Waals surface area contributed by atoms with E-state index < -0.39 is 29.7 Å².